The van der Waals surface area contributed by atoms with Crippen LogP contribution in [-0.4, -0.2) is 14.8 Å². The molecular weight excluding hydrogens is 224 g/mol. The van der Waals surface area contributed by atoms with Crippen LogP contribution in [-0.2, 0) is 0 Å². The zero-order chi connectivity index (χ0) is 13.2. The van der Waals surface area contributed by atoms with Gasteiger partial charge in [-0.1, -0.05) is 27.2 Å². The molecule has 4 nitrogen and oxygen atoms in total. The fourth-order valence-electron chi connectivity index (χ4n) is 2.98. The van der Waals surface area contributed by atoms with E-state index in [2.05, 4.69) is 36.9 Å². The summed E-state index contributed by atoms with van der Waals surface area (Å²) in [5.41, 5.74) is 0.346. The maximum absolute atomic E-state index is 9.30. The highest BCUT2D eigenvalue weighted by atomic mass is 15.3. The Morgan fingerprint density at radius 3 is 2.78 bits per heavy atom. The summed E-state index contributed by atoms with van der Waals surface area (Å²) in [6.07, 6.45) is 7.67. The van der Waals surface area contributed by atoms with Gasteiger partial charge in [0.2, 0.25) is 0 Å². The normalized spacial score (nSPS) is 28.9. The van der Waals surface area contributed by atoms with Gasteiger partial charge in [-0.25, -0.2) is 9.67 Å². The minimum Gasteiger partial charge on any atom is -0.249 e. The summed E-state index contributed by atoms with van der Waals surface area (Å²) < 4.78 is 1.88. The van der Waals surface area contributed by atoms with Gasteiger partial charge in [-0.15, -0.1) is 0 Å². The highest BCUT2D eigenvalue weighted by molar-refractivity contribution is 4.97. The van der Waals surface area contributed by atoms with Gasteiger partial charge in [0.15, 0.2) is 0 Å². The van der Waals surface area contributed by atoms with Crippen LogP contribution in [0, 0.1) is 28.6 Å². The van der Waals surface area contributed by atoms with Crippen molar-refractivity contribution in [3.05, 3.63) is 12.7 Å². The molecule has 0 spiro atoms. The molecule has 0 bridgehead atoms. The van der Waals surface area contributed by atoms with Crippen LogP contribution in [0.1, 0.15) is 52.5 Å². The van der Waals surface area contributed by atoms with E-state index in [0.717, 1.165) is 19.3 Å². The molecule has 18 heavy (non-hydrogen) atoms. The maximum atomic E-state index is 9.30. The van der Waals surface area contributed by atoms with Crippen LogP contribution in [0.25, 0.3) is 0 Å². The Labute approximate surface area is 109 Å². The number of aromatic nitrogens is 3. The Hall–Kier alpha value is -1.37. The molecule has 4 heteroatoms. The first kappa shape index (κ1) is 13.1. The van der Waals surface area contributed by atoms with Gasteiger partial charge in [0.25, 0.3) is 0 Å². The third-order valence-corrected chi connectivity index (χ3v) is 4.78. The van der Waals surface area contributed by atoms with Crippen LogP contribution in [0.3, 0.4) is 0 Å². The van der Waals surface area contributed by atoms with Crippen LogP contribution in [0.4, 0.5) is 0 Å². The third-order valence-electron chi connectivity index (χ3n) is 4.78. The molecule has 1 saturated carbocycles. The van der Waals surface area contributed by atoms with Crippen molar-refractivity contribution in [1.29, 1.82) is 5.26 Å². The highest BCUT2D eigenvalue weighted by Crippen LogP contribution is 2.45. The van der Waals surface area contributed by atoms with Crippen molar-refractivity contribution in [2.45, 2.75) is 52.5 Å². The number of rotatable bonds is 3. The molecule has 3 unspecified atom stereocenters. The molecule has 1 heterocycles. The zero-order valence-electron chi connectivity index (χ0n) is 11.5. The first-order valence-electron chi connectivity index (χ1n) is 6.82. The summed E-state index contributed by atoms with van der Waals surface area (Å²) in [4.78, 5) is 4.02. The summed E-state index contributed by atoms with van der Waals surface area (Å²) >= 11 is 0. The molecule has 0 aliphatic heterocycles. The first-order chi connectivity index (χ1) is 8.58. The second-order valence-electron chi connectivity index (χ2n) is 6.03. The Kier molecular flexibility index (Phi) is 3.70. The lowest BCUT2D eigenvalue weighted by atomic mass is 9.66. The molecule has 1 aromatic heterocycles. The van der Waals surface area contributed by atoms with Crippen LogP contribution < -0.4 is 0 Å². The van der Waals surface area contributed by atoms with Crippen LogP contribution in [0.5, 0.6) is 0 Å². The second-order valence-corrected chi connectivity index (χ2v) is 6.03. The van der Waals surface area contributed by atoms with E-state index >= 15 is 0 Å². The van der Waals surface area contributed by atoms with Gasteiger partial charge in [0.1, 0.15) is 12.7 Å². The largest absolute Gasteiger partial charge is 0.249 e. The number of nitriles is 1. The topological polar surface area (TPSA) is 54.5 Å². The summed E-state index contributed by atoms with van der Waals surface area (Å²) in [5.74, 6) is 0.747. The minimum atomic E-state index is 0.0793. The molecule has 1 aliphatic rings. The molecule has 0 saturated heterocycles. The first-order valence-corrected chi connectivity index (χ1v) is 6.82. The molecule has 0 aromatic carbocycles. The molecule has 0 amide bonds. The number of hydrogen-bond acceptors (Lipinski definition) is 3. The van der Waals surface area contributed by atoms with Crippen molar-refractivity contribution in [2.75, 3.05) is 0 Å². The van der Waals surface area contributed by atoms with Gasteiger partial charge in [-0.3, -0.25) is 0 Å². The zero-order valence-corrected chi connectivity index (χ0v) is 11.5. The Morgan fingerprint density at radius 2 is 2.22 bits per heavy atom. The average Bonchev–Trinajstić information content (AvgIpc) is 2.91. The van der Waals surface area contributed by atoms with Crippen LogP contribution >= 0.6 is 0 Å². The summed E-state index contributed by atoms with van der Waals surface area (Å²) in [6, 6.07) is 2.64. The van der Waals surface area contributed by atoms with Crippen molar-refractivity contribution in [3.8, 4) is 6.07 Å². The molecule has 1 aliphatic carbocycles. The summed E-state index contributed by atoms with van der Waals surface area (Å²) in [6.45, 7) is 6.92. The van der Waals surface area contributed by atoms with Crippen molar-refractivity contribution in [1.82, 2.24) is 14.8 Å². The lowest BCUT2D eigenvalue weighted by Crippen LogP contribution is -2.34. The lowest BCUT2D eigenvalue weighted by Gasteiger charge is -2.41. The molecule has 1 fully saturated rings. The molecular formula is C14H22N4. The fraction of sp³-hybridized carbons (Fsp3) is 0.786. The molecule has 98 valence electrons. The standard InChI is InChI=1S/C14H22N4/c1-4-14(2,3)12-6-5-11(8-15)13(7-12)18-10-16-9-17-18/h9-13H,4-7H2,1-3H3. The third kappa shape index (κ3) is 2.40. The van der Waals surface area contributed by atoms with Gasteiger partial charge >= 0.3 is 0 Å². The maximum Gasteiger partial charge on any atom is 0.137 e. The Morgan fingerprint density at radius 1 is 1.44 bits per heavy atom. The van der Waals surface area contributed by atoms with E-state index in [0.29, 0.717) is 11.3 Å². The van der Waals surface area contributed by atoms with Crippen LogP contribution in [0.15, 0.2) is 12.7 Å². The molecule has 1 aromatic rings. The van der Waals surface area contributed by atoms with Gasteiger partial charge in [-0.2, -0.15) is 10.4 Å². The van der Waals surface area contributed by atoms with Gasteiger partial charge in [-0.05, 0) is 30.6 Å². The van der Waals surface area contributed by atoms with Crippen molar-refractivity contribution in [2.24, 2.45) is 17.3 Å². The molecule has 3 atom stereocenters. The average molecular weight is 246 g/mol. The SMILES string of the molecule is CCC(C)(C)C1CCC(C#N)C(n2cncn2)C1. The molecule has 0 radical (unpaired) electrons. The van der Waals surface area contributed by atoms with E-state index in [1.165, 1.54) is 6.42 Å². The Balaban J connectivity index is 2.18. The van der Waals surface area contributed by atoms with Gasteiger partial charge < -0.3 is 0 Å². The quantitative estimate of drug-likeness (QED) is 0.823. The van der Waals surface area contributed by atoms with Gasteiger partial charge in [0.05, 0.1) is 18.0 Å². The van der Waals surface area contributed by atoms with E-state index < -0.39 is 0 Å². The number of hydrogen-bond donors (Lipinski definition) is 0. The van der Waals surface area contributed by atoms with E-state index in [1.54, 1.807) is 12.7 Å². The van der Waals surface area contributed by atoms with Crippen molar-refractivity contribution < 1.29 is 0 Å². The van der Waals surface area contributed by atoms with E-state index in [9.17, 15) is 5.26 Å². The van der Waals surface area contributed by atoms with Crippen molar-refractivity contribution >= 4 is 0 Å². The smallest absolute Gasteiger partial charge is 0.137 e. The predicted octanol–water partition coefficient (Wildman–Crippen LogP) is 3.20. The van der Waals surface area contributed by atoms with E-state index in [4.69, 9.17) is 0 Å². The van der Waals surface area contributed by atoms with E-state index in [1.807, 2.05) is 4.68 Å². The van der Waals surface area contributed by atoms with E-state index in [-0.39, 0.29) is 12.0 Å². The van der Waals surface area contributed by atoms with Crippen molar-refractivity contribution in [3.63, 3.8) is 0 Å². The lowest BCUT2D eigenvalue weighted by molar-refractivity contribution is 0.0990. The number of nitrogens with zero attached hydrogens (tertiary/aromatic N) is 4. The summed E-state index contributed by atoms with van der Waals surface area (Å²) in [5, 5.41) is 13.5. The molecule has 0 N–H and O–H groups in total. The predicted molar refractivity (Wildman–Crippen MR) is 69.6 cm³/mol. The minimum absolute atomic E-state index is 0.0793. The summed E-state index contributed by atoms with van der Waals surface area (Å²) in [7, 11) is 0. The fourth-order valence-corrected chi connectivity index (χ4v) is 2.98. The highest BCUT2D eigenvalue weighted by Gasteiger charge is 2.38. The second kappa shape index (κ2) is 5.09. The molecule has 2 rings (SSSR count). The van der Waals surface area contributed by atoms with Crippen LogP contribution in [0.2, 0.25) is 0 Å². The Bertz CT molecular complexity index is 416. The monoisotopic (exact) mass is 246 g/mol. The van der Waals surface area contributed by atoms with Gasteiger partial charge in [0, 0.05) is 0 Å².